The van der Waals surface area contributed by atoms with Crippen molar-refractivity contribution in [3.63, 3.8) is 0 Å². The lowest BCUT2D eigenvalue weighted by Crippen LogP contribution is -2.46. The maximum absolute atomic E-state index is 14.1. The van der Waals surface area contributed by atoms with Crippen LogP contribution < -0.4 is 4.72 Å². The molecule has 0 spiro atoms. The van der Waals surface area contributed by atoms with Crippen LogP contribution in [0.15, 0.2) is 70.5 Å². The van der Waals surface area contributed by atoms with Gasteiger partial charge in [0.1, 0.15) is 0 Å². The highest BCUT2D eigenvalue weighted by Crippen LogP contribution is 2.38. The normalized spacial score (nSPS) is 15.7. The molecule has 0 aromatic heterocycles. The Kier molecular flexibility index (Phi) is 8.14. The summed E-state index contributed by atoms with van der Waals surface area (Å²) in [7, 11) is -8.67. The molecule has 40 heavy (non-hydrogen) atoms. The standard InChI is InChI=1S/C27H27F3N2O6S2/c1-17-5-3-6-18(2)25(17)19-9-10-24(23(16-19)27(28,29)30)39(35,36)31-21-11-13-32(14-12-21)40(37,38)22-8-4-7-20(15-22)26(33)34/h3-10,15-16,21,31H,11-14H2,1-2H3,(H,33,34). The van der Waals surface area contributed by atoms with Crippen molar-refractivity contribution in [2.75, 3.05) is 13.1 Å². The molecule has 1 heterocycles. The zero-order chi connectivity index (χ0) is 29.5. The van der Waals surface area contributed by atoms with E-state index in [4.69, 9.17) is 5.11 Å². The Bertz CT molecular complexity index is 1640. The van der Waals surface area contributed by atoms with Crippen molar-refractivity contribution < 1.29 is 39.9 Å². The van der Waals surface area contributed by atoms with E-state index in [-0.39, 0.29) is 42.0 Å². The number of aryl methyl sites for hydroxylation is 2. The number of rotatable bonds is 7. The van der Waals surface area contributed by atoms with Crippen LogP contribution in [0.2, 0.25) is 0 Å². The molecule has 0 saturated carbocycles. The highest BCUT2D eigenvalue weighted by atomic mass is 32.2. The fourth-order valence-electron chi connectivity index (χ4n) is 4.85. The summed E-state index contributed by atoms with van der Waals surface area (Å²) in [6, 6.07) is 12.5. The van der Waals surface area contributed by atoms with Crippen LogP contribution in [0.25, 0.3) is 11.1 Å². The number of alkyl halides is 3. The van der Waals surface area contributed by atoms with Gasteiger partial charge in [0.15, 0.2) is 0 Å². The molecule has 0 aliphatic carbocycles. The van der Waals surface area contributed by atoms with Crippen LogP contribution in [0.5, 0.6) is 0 Å². The number of hydrogen-bond donors (Lipinski definition) is 2. The van der Waals surface area contributed by atoms with E-state index in [9.17, 15) is 34.8 Å². The smallest absolute Gasteiger partial charge is 0.417 e. The summed E-state index contributed by atoms with van der Waals surface area (Å²) in [6.07, 6.45) is -4.92. The van der Waals surface area contributed by atoms with Crippen molar-refractivity contribution in [2.45, 2.75) is 48.7 Å². The fraction of sp³-hybridized carbons (Fsp3) is 0.296. The first-order valence-corrected chi connectivity index (χ1v) is 15.2. The predicted octanol–water partition coefficient (Wildman–Crippen LogP) is 4.82. The molecule has 1 fully saturated rings. The quantitative estimate of drug-likeness (QED) is 0.404. The Morgan fingerprint density at radius 2 is 1.52 bits per heavy atom. The van der Waals surface area contributed by atoms with Gasteiger partial charge < -0.3 is 5.11 Å². The van der Waals surface area contributed by atoms with Gasteiger partial charge in [-0.1, -0.05) is 30.3 Å². The summed E-state index contributed by atoms with van der Waals surface area (Å²) in [4.78, 5) is 10.1. The maximum Gasteiger partial charge on any atom is 0.417 e. The molecule has 0 atom stereocenters. The van der Waals surface area contributed by atoms with Crippen LogP contribution in [0.4, 0.5) is 13.2 Å². The van der Waals surface area contributed by atoms with Crippen molar-refractivity contribution >= 4 is 26.0 Å². The Hall–Kier alpha value is -3.26. The number of benzene rings is 3. The van der Waals surface area contributed by atoms with Gasteiger partial charge >= 0.3 is 12.1 Å². The molecule has 13 heteroatoms. The first kappa shape index (κ1) is 29.7. The number of carboxylic acids is 1. The maximum atomic E-state index is 14.1. The van der Waals surface area contributed by atoms with Gasteiger partial charge in [0.05, 0.1) is 20.9 Å². The molecule has 2 N–H and O–H groups in total. The minimum absolute atomic E-state index is 0.0128. The fourth-order valence-corrected chi connectivity index (χ4v) is 7.88. The Morgan fingerprint density at radius 1 is 0.925 bits per heavy atom. The number of carbonyl (C=O) groups is 1. The van der Waals surface area contributed by atoms with Crippen LogP contribution in [-0.4, -0.2) is 51.3 Å². The van der Waals surface area contributed by atoms with Crippen molar-refractivity contribution in [1.82, 2.24) is 9.03 Å². The average Bonchev–Trinajstić information content (AvgIpc) is 2.88. The molecule has 1 aliphatic heterocycles. The second-order valence-electron chi connectivity index (χ2n) is 9.61. The summed E-state index contributed by atoms with van der Waals surface area (Å²) in [5.74, 6) is -1.29. The molecule has 0 bridgehead atoms. The van der Waals surface area contributed by atoms with Crippen LogP contribution in [0, 0.1) is 13.8 Å². The van der Waals surface area contributed by atoms with Crippen molar-refractivity contribution in [3.8, 4) is 11.1 Å². The summed E-state index contributed by atoms with van der Waals surface area (Å²) >= 11 is 0. The zero-order valence-corrected chi connectivity index (χ0v) is 23.2. The third kappa shape index (κ3) is 6.07. The van der Waals surface area contributed by atoms with E-state index < -0.39 is 48.7 Å². The molecular weight excluding hydrogens is 569 g/mol. The molecule has 8 nitrogen and oxygen atoms in total. The lowest BCUT2D eigenvalue weighted by atomic mass is 9.94. The predicted molar refractivity (Wildman–Crippen MR) is 142 cm³/mol. The minimum Gasteiger partial charge on any atom is -0.478 e. The summed E-state index contributed by atoms with van der Waals surface area (Å²) < 4.78 is 97.9. The van der Waals surface area contributed by atoms with E-state index in [1.165, 1.54) is 24.3 Å². The second kappa shape index (κ2) is 11.0. The first-order valence-electron chi connectivity index (χ1n) is 12.2. The molecule has 0 amide bonds. The Balaban J connectivity index is 1.55. The van der Waals surface area contributed by atoms with E-state index in [2.05, 4.69) is 4.72 Å². The Morgan fingerprint density at radius 3 is 2.10 bits per heavy atom. The monoisotopic (exact) mass is 596 g/mol. The number of aromatic carboxylic acids is 1. The van der Waals surface area contributed by atoms with Crippen LogP contribution in [0.3, 0.4) is 0 Å². The zero-order valence-electron chi connectivity index (χ0n) is 21.6. The largest absolute Gasteiger partial charge is 0.478 e. The number of piperidine rings is 1. The van der Waals surface area contributed by atoms with Gasteiger partial charge in [-0.3, -0.25) is 0 Å². The Labute approximate surface area is 230 Å². The third-order valence-electron chi connectivity index (χ3n) is 6.84. The van der Waals surface area contributed by atoms with Crippen molar-refractivity contribution in [2.24, 2.45) is 0 Å². The molecule has 1 saturated heterocycles. The van der Waals surface area contributed by atoms with E-state index in [1.54, 1.807) is 32.0 Å². The van der Waals surface area contributed by atoms with Gasteiger partial charge in [0, 0.05) is 19.1 Å². The number of carboxylic acid groups (broad SMARTS) is 1. The van der Waals surface area contributed by atoms with Gasteiger partial charge in [0.25, 0.3) is 0 Å². The van der Waals surface area contributed by atoms with Gasteiger partial charge in [0.2, 0.25) is 20.0 Å². The topological polar surface area (TPSA) is 121 Å². The molecule has 214 valence electrons. The van der Waals surface area contributed by atoms with Crippen molar-refractivity contribution in [3.05, 3.63) is 82.9 Å². The van der Waals surface area contributed by atoms with E-state index in [0.29, 0.717) is 5.56 Å². The number of nitrogens with one attached hydrogen (secondary N) is 1. The van der Waals surface area contributed by atoms with Crippen molar-refractivity contribution in [1.29, 1.82) is 0 Å². The molecular formula is C27H27F3N2O6S2. The minimum atomic E-state index is -4.95. The molecule has 0 radical (unpaired) electrons. The number of nitrogens with zero attached hydrogens (tertiary/aromatic N) is 1. The third-order valence-corrected chi connectivity index (χ3v) is 10.3. The first-order chi connectivity index (χ1) is 18.6. The van der Waals surface area contributed by atoms with Crippen LogP contribution >= 0.6 is 0 Å². The molecule has 0 unspecified atom stereocenters. The van der Waals surface area contributed by atoms with Crippen LogP contribution in [0.1, 0.15) is 39.9 Å². The molecule has 3 aromatic carbocycles. The van der Waals surface area contributed by atoms with E-state index >= 15 is 0 Å². The highest BCUT2D eigenvalue weighted by Gasteiger charge is 2.39. The van der Waals surface area contributed by atoms with Gasteiger partial charge in [-0.2, -0.15) is 17.5 Å². The second-order valence-corrected chi connectivity index (χ2v) is 13.2. The molecule has 3 aromatic rings. The summed E-state index contributed by atoms with van der Waals surface area (Å²) in [5, 5.41) is 9.15. The lowest BCUT2D eigenvalue weighted by molar-refractivity contribution is -0.139. The van der Waals surface area contributed by atoms with E-state index in [0.717, 1.165) is 33.6 Å². The van der Waals surface area contributed by atoms with Gasteiger partial charge in [-0.05, 0) is 79.3 Å². The molecule has 4 rings (SSSR count). The van der Waals surface area contributed by atoms with Crippen LogP contribution in [-0.2, 0) is 26.2 Å². The molecule has 1 aliphatic rings. The number of hydrogen-bond acceptors (Lipinski definition) is 5. The SMILES string of the molecule is Cc1cccc(C)c1-c1ccc(S(=O)(=O)NC2CCN(S(=O)(=O)c3cccc(C(=O)O)c3)CC2)c(C(F)(F)F)c1. The van der Waals surface area contributed by atoms with Gasteiger partial charge in [-0.25, -0.2) is 26.4 Å². The van der Waals surface area contributed by atoms with Gasteiger partial charge in [-0.15, -0.1) is 0 Å². The lowest BCUT2D eigenvalue weighted by Gasteiger charge is -2.31. The summed E-state index contributed by atoms with van der Waals surface area (Å²) in [5.41, 5.74) is 0.836. The van der Waals surface area contributed by atoms with E-state index in [1.807, 2.05) is 0 Å². The summed E-state index contributed by atoms with van der Waals surface area (Å²) in [6.45, 7) is 3.31. The number of halogens is 3. The highest BCUT2D eigenvalue weighted by molar-refractivity contribution is 7.89. The number of sulfonamides is 2. The average molecular weight is 597 g/mol.